The normalized spacial score (nSPS) is 16.5. The van der Waals surface area contributed by atoms with Crippen LogP contribution >= 0.6 is 11.8 Å². The maximum absolute atomic E-state index is 12.9. The average Bonchev–Trinajstić information content (AvgIpc) is 2.82. The highest BCUT2D eigenvalue weighted by Gasteiger charge is 2.13. The minimum Gasteiger partial charge on any atom is -0.316 e. The van der Waals surface area contributed by atoms with Gasteiger partial charge in [0.1, 0.15) is 5.82 Å². The Morgan fingerprint density at radius 3 is 2.88 bits per heavy atom. The number of halogens is 1. The summed E-state index contributed by atoms with van der Waals surface area (Å²) in [6.45, 7) is 2.17. The van der Waals surface area contributed by atoms with E-state index in [-0.39, 0.29) is 5.82 Å². The Bertz CT molecular complexity index is 337. The monoisotopic (exact) mass is 253 g/mol. The topological polar surface area (TPSA) is 12.0 Å². The summed E-state index contributed by atoms with van der Waals surface area (Å²) in [6.07, 6.45) is 5.60. The van der Waals surface area contributed by atoms with Gasteiger partial charge in [-0.15, -0.1) is 11.8 Å². The van der Waals surface area contributed by atoms with E-state index < -0.39 is 0 Å². The van der Waals surface area contributed by atoms with Crippen LogP contribution in [0.2, 0.25) is 0 Å². The summed E-state index contributed by atoms with van der Waals surface area (Å²) < 4.78 is 12.9. The van der Waals surface area contributed by atoms with Gasteiger partial charge in [0.25, 0.3) is 0 Å². The van der Waals surface area contributed by atoms with E-state index in [9.17, 15) is 4.39 Å². The fourth-order valence-electron chi connectivity index (χ4n) is 2.32. The lowest BCUT2D eigenvalue weighted by molar-refractivity contribution is 0.500. The molecule has 1 aliphatic carbocycles. The zero-order valence-electron chi connectivity index (χ0n) is 10.1. The molecule has 1 saturated carbocycles. The number of hydrogen-bond acceptors (Lipinski definition) is 2. The number of rotatable bonds is 6. The summed E-state index contributed by atoms with van der Waals surface area (Å²) in [5.41, 5.74) is 0. The van der Waals surface area contributed by atoms with Crippen molar-refractivity contribution in [2.24, 2.45) is 5.92 Å². The van der Waals surface area contributed by atoms with E-state index in [0.29, 0.717) is 0 Å². The van der Waals surface area contributed by atoms with E-state index in [1.165, 1.54) is 31.7 Å². The predicted molar refractivity (Wildman–Crippen MR) is 72.0 cm³/mol. The van der Waals surface area contributed by atoms with Crippen LogP contribution in [0.4, 0.5) is 4.39 Å². The Morgan fingerprint density at radius 1 is 1.29 bits per heavy atom. The van der Waals surface area contributed by atoms with Gasteiger partial charge in [0, 0.05) is 17.2 Å². The summed E-state index contributed by atoms with van der Waals surface area (Å²) in [6, 6.07) is 6.82. The molecule has 94 valence electrons. The Kier molecular flexibility index (Phi) is 5.33. The van der Waals surface area contributed by atoms with Gasteiger partial charge < -0.3 is 5.32 Å². The van der Waals surface area contributed by atoms with Crippen LogP contribution in [0, 0.1) is 11.7 Å². The zero-order chi connectivity index (χ0) is 11.9. The van der Waals surface area contributed by atoms with Gasteiger partial charge in [0.2, 0.25) is 0 Å². The molecule has 0 aliphatic heterocycles. The van der Waals surface area contributed by atoms with Gasteiger partial charge in [0.15, 0.2) is 0 Å². The zero-order valence-corrected chi connectivity index (χ0v) is 10.9. The maximum Gasteiger partial charge on any atom is 0.124 e. The molecule has 1 aliphatic rings. The minimum absolute atomic E-state index is 0.145. The van der Waals surface area contributed by atoms with Crippen LogP contribution in [0.25, 0.3) is 0 Å². The van der Waals surface area contributed by atoms with Crippen LogP contribution < -0.4 is 5.32 Å². The number of hydrogen-bond donors (Lipinski definition) is 1. The van der Waals surface area contributed by atoms with E-state index in [4.69, 9.17) is 0 Å². The lowest BCUT2D eigenvalue weighted by Gasteiger charge is -2.10. The first-order valence-electron chi connectivity index (χ1n) is 6.44. The summed E-state index contributed by atoms with van der Waals surface area (Å²) >= 11 is 1.71. The van der Waals surface area contributed by atoms with Gasteiger partial charge in [-0.3, -0.25) is 0 Å². The molecule has 1 nitrogen and oxygen atoms in total. The minimum atomic E-state index is -0.145. The van der Waals surface area contributed by atoms with Crippen LogP contribution in [0.1, 0.15) is 25.7 Å². The van der Waals surface area contributed by atoms with E-state index in [0.717, 1.165) is 29.7 Å². The third-order valence-corrected chi connectivity index (χ3v) is 4.25. The second-order valence-electron chi connectivity index (χ2n) is 4.66. The smallest absolute Gasteiger partial charge is 0.124 e. The lowest BCUT2D eigenvalue weighted by atomic mass is 10.1. The molecule has 0 atom stereocenters. The molecule has 1 aromatic rings. The van der Waals surface area contributed by atoms with Crippen molar-refractivity contribution in [2.75, 3.05) is 18.8 Å². The summed E-state index contributed by atoms with van der Waals surface area (Å²) in [5.74, 6) is 1.76. The second-order valence-corrected chi connectivity index (χ2v) is 5.83. The Labute approximate surface area is 107 Å². The highest BCUT2D eigenvalue weighted by Crippen LogP contribution is 2.23. The average molecular weight is 253 g/mol. The molecule has 0 unspecified atom stereocenters. The molecule has 1 N–H and O–H groups in total. The van der Waals surface area contributed by atoms with Gasteiger partial charge >= 0.3 is 0 Å². The fourth-order valence-corrected chi connectivity index (χ4v) is 3.17. The summed E-state index contributed by atoms with van der Waals surface area (Å²) in [5, 5.41) is 3.50. The molecule has 1 fully saturated rings. The molecule has 2 rings (SSSR count). The van der Waals surface area contributed by atoms with Crippen molar-refractivity contribution < 1.29 is 4.39 Å². The number of thioether (sulfide) groups is 1. The van der Waals surface area contributed by atoms with Gasteiger partial charge in [-0.2, -0.15) is 0 Å². The first-order chi connectivity index (χ1) is 8.34. The van der Waals surface area contributed by atoms with Crippen molar-refractivity contribution in [1.29, 1.82) is 0 Å². The Balaban J connectivity index is 1.56. The van der Waals surface area contributed by atoms with Crippen LogP contribution in [0.5, 0.6) is 0 Å². The molecular formula is C14H20FNS. The molecular weight excluding hydrogens is 233 g/mol. The highest BCUT2D eigenvalue weighted by atomic mass is 32.2. The third-order valence-electron chi connectivity index (χ3n) is 3.25. The van der Waals surface area contributed by atoms with Crippen molar-refractivity contribution in [3.05, 3.63) is 30.1 Å². The van der Waals surface area contributed by atoms with Gasteiger partial charge in [0.05, 0.1) is 0 Å². The SMILES string of the molecule is Fc1cccc(SCCNCC2CCCC2)c1. The molecule has 17 heavy (non-hydrogen) atoms. The van der Waals surface area contributed by atoms with Crippen LogP contribution in [-0.4, -0.2) is 18.8 Å². The standard InChI is InChI=1S/C14H20FNS/c15-13-6-3-7-14(10-13)17-9-8-16-11-12-4-1-2-5-12/h3,6-7,10,12,16H,1-2,4-5,8-9,11H2. The summed E-state index contributed by atoms with van der Waals surface area (Å²) in [4.78, 5) is 1.02. The quantitative estimate of drug-likeness (QED) is 0.613. The van der Waals surface area contributed by atoms with Crippen LogP contribution in [0.3, 0.4) is 0 Å². The van der Waals surface area contributed by atoms with E-state index in [2.05, 4.69) is 5.32 Å². The molecule has 1 aromatic carbocycles. The fraction of sp³-hybridized carbons (Fsp3) is 0.571. The first kappa shape index (κ1) is 12.9. The maximum atomic E-state index is 12.9. The molecule has 0 heterocycles. The molecule has 0 saturated heterocycles. The van der Waals surface area contributed by atoms with Crippen LogP contribution in [0.15, 0.2) is 29.2 Å². The van der Waals surface area contributed by atoms with Crippen molar-refractivity contribution in [3.63, 3.8) is 0 Å². The molecule has 0 spiro atoms. The molecule has 3 heteroatoms. The largest absolute Gasteiger partial charge is 0.316 e. The molecule has 0 aromatic heterocycles. The van der Waals surface area contributed by atoms with Crippen molar-refractivity contribution >= 4 is 11.8 Å². The van der Waals surface area contributed by atoms with Gasteiger partial charge in [-0.25, -0.2) is 4.39 Å². The van der Waals surface area contributed by atoms with Crippen LogP contribution in [-0.2, 0) is 0 Å². The lowest BCUT2D eigenvalue weighted by Crippen LogP contribution is -2.23. The van der Waals surface area contributed by atoms with Crippen molar-refractivity contribution in [3.8, 4) is 0 Å². The number of benzene rings is 1. The predicted octanol–water partition coefficient (Wildman–Crippen LogP) is 3.70. The molecule has 0 radical (unpaired) electrons. The Hall–Kier alpha value is -0.540. The van der Waals surface area contributed by atoms with Crippen molar-refractivity contribution in [2.45, 2.75) is 30.6 Å². The molecule has 0 amide bonds. The van der Waals surface area contributed by atoms with Gasteiger partial charge in [-0.05, 0) is 43.5 Å². The first-order valence-corrected chi connectivity index (χ1v) is 7.42. The molecule has 0 bridgehead atoms. The third kappa shape index (κ3) is 4.68. The van der Waals surface area contributed by atoms with E-state index >= 15 is 0 Å². The Morgan fingerprint density at radius 2 is 2.12 bits per heavy atom. The highest BCUT2D eigenvalue weighted by molar-refractivity contribution is 7.99. The summed E-state index contributed by atoms with van der Waals surface area (Å²) in [7, 11) is 0. The van der Waals surface area contributed by atoms with E-state index in [1.807, 2.05) is 6.07 Å². The van der Waals surface area contributed by atoms with E-state index in [1.54, 1.807) is 23.9 Å². The van der Waals surface area contributed by atoms with Crippen molar-refractivity contribution in [1.82, 2.24) is 5.32 Å². The van der Waals surface area contributed by atoms with Gasteiger partial charge in [-0.1, -0.05) is 18.9 Å². The second kappa shape index (κ2) is 7.02. The number of nitrogens with one attached hydrogen (secondary N) is 1.